The molecule has 6 rings (SSSR count). The van der Waals surface area contributed by atoms with Gasteiger partial charge < -0.3 is 60.0 Å². The summed E-state index contributed by atoms with van der Waals surface area (Å²) in [5, 5.41) is 8.60. The number of amides is 12. The van der Waals surface area contributed by atoms with E-state index in [-0.39, 0.29) is 88.3 Å². The van der Waals surface area contributed by atoms with Crippen molar-refractivity contribution >= 4 is 70.9 Å². The Morgan fingerprint density at radius 3 is 1.84 bits per heavy atom. The van der Waals surface area contributed by atoms with E-state index in [4.69, 9.17) is 0 Å². The van der Waals surface area contributed by atoms with E-state index in [9.17, 15) is 56.3 Å². The van der Waals surface area contributed by atoms with Crippen LogP contribution in [0.1, 0.15) is 175 Å². The number of rotatable bonds is 12. The summed E-state index contributed by atoms with van der Waals surface area (Å²) < 4.78 is 56.1. The lowest BCUT2D eigenvalue weighted by molar-refractivity contribution is -0.160. The molecule has 2 aliphatic carbocycles. The number of hydrogen-bond donors (Lipinski definition) is 3. The maximum Gasteiger partial charge on any atom is 0.419 e. The molecule has 3 aliphatic heterocycles. The highest BCUT2D eigenvalue weighted by Crippen LogP contribution is 2.37. The molecule has 0 bridgehead atoms. The average Bonchev–Trinajstić information content (AvgIpc) is 1.24. The quantitative estimate of drug-likeness (QED) is 0.234. The monoisotopic (exact) mass is 1380 g/mol. The van der Waals surface area contributed by atoms with Crippen LogP contribution in [-0.2, 0) is 70.1 Å². The molecule has 0 radical (unpaired) electrons. The molecule has 3 saturated heterocycles. The number of likely N-dealkylation sites (N-methyl/N-ethyl adjacent to an activating group) is 7. The second-order valence-corrected chi connectivity index (χ2v) is 29.0. The van der Waals surface area contributed by atoms with Crippen molar-refractivity contribution in [3.05, 3.63) is 35.1 Å². The lowest BCUT2D eigenvalue weighted by Gasteiger charge is -2.45. The molecule has 5 aliphatic rings. The van der Waals surface area contributed by atoms with Crippen molar-refractivity contribution in [2.24, 2.45) is 23.7 Å². The highest BCUT2D eigenvalue weighted by molar-refractivity contribution is 6.01. The Balaban J connectivity index is 1.44. The first-order valence-corrected chi connectivity index (χ1v) is 35.1. The maximum atomic E-state index is 15.4. The molecule has 548 valence electrons. The van der Waals surface area contributed by atoms with Gasteiger partial charge in [0.2, 0.25) is 70.9 Å². The average molecular weight is 1390 g/mol. The Hall–Kier alpha value is -7.42. The molecule has 28 heteroatoms. The van der Waals surface area contributed by atoms with Gasteiger partial charge in [0.15, 0.2) is 0 Å². The molecule has 3 N–H and O–H groups in total. The fourth-order valence-corrected chi connectivity index (χ4v) is 14.6. The van der Waals surface area contributed by atoms with Gasteiger partial charge in [0, 0.05) is 69.5 Å². The lowest BCUT2D eigenvalue weighted by atomic mass is 9.84. The summed E-state index contributed by atoms with van der Waals surface area (Å²) >= 11 is 0. The zero-order valence-corrected chi connectivity index (χ0v) is 60.2. The molecule has 0 aromatic heterocycles. The largest absolute Gasteiger partial charge is 0.419 e. The van der Waals surface area contributed by atoms with Crippen molar-refractivity contribution in [2.45, 2.75) is 237 Å². The molecule has 2 saturated carbocycles. The van der Waals surface area contributed by atoms with Gasteiger partial charge in [-0.05, 0) is 106 Å². The van der Waals surface area contributed by atoms with Gasteiger partial charge in [0.05, 0.1) is 18.5 Å². The molecule has 3 heterocycles. The van der Waals surface area contributed by atoms with Crippen molar-refractivity contribution in [2.75, 3.05) is 76.0 Å². The third-order valence-electron chi connectivity index (χ3n) is 21.5. The molecule has 12 amide bonds. The van der Waals surface area contributed by atoms with Gasteiger partial charge in [-0.2, -0.15) is 13.2 Å². The Kier molecular flexibility index (Phi) is 27.7. The summed E-state index contributed by atoms with van der Waals surface area (Å²) in [7, 11) is 11.3. The number of fused-ring (bicyclic) bond motifs is 2. The fourth-order valence-electron chi connectivity index (χ4n) is 14.6. The summed E-state index contributed by atoms with van der Waals surface area (Å²) in [5.74, 6) is -11.0. The van der Waals surface area contributed by atoms with Crippen LogP contribution in [0.5, 0.6) is 0 Å². The van der Waals surface area contributed by atoms with Crippen molar-refractivity contribution in [1.82, 2.24) is 60.0 Å². The molecular formula is C70H108F4N12O12. The van der Waals surface area contributed by atoms with Crippen LogP contribution >= 0.6 is 0 Å². The SMILES string of the molecule is CC[C@H](C)[C@@H]1NC(=O)[C@H](CC(C)C)N(C)C(=O)C[C@@H](C(=O)N(C)C)N(C)C(=O)[C@H]([C@@H](C)CC)N(C)C(=O)C2(CCCC2)NC(=O)[C@@H]2CCCN2C(=O)[C@H](CCc2ccc(C(F)(F)F)c(F)c2)NC(=O)CN(C)C(=O)[C@H](CC2CCCCC2)N(C)C(=O)[C@@H]2CCN2C(=O)[C@H](C)N(C)C1=O. The molecule has 0 unspecified atom stereocenters. The van der Waals surface area contributed by atoms with Crippen LogP contribution in [-0.4, -0.2) is 251 Å². The first-order valence-electron chi connectivity index (χ1n) is 35.1. The molecule has 1 aromatic carbocycles. The van der Waals surface area contributed by atoms with Crippen LogP contribution in [0.25, 0.3) is 0 Å². The minimum atomic E-state index is -5.00. The molecule has 98 heavy (non-hydrogen) atoms. The summed E-state index contributed by atoms with van der Waals surface area (Å²) in [6, 6.07) is -8.96. The van der Waals surface area contributed by atoms with Gasteiger partial charge >= 0.3 is 6.18 Å². The van der Waals surface area contributed by atoms with Gasteiger partial charge in [-0.3, -0.25) is 57.5 Å². The number of carbonyl (C=O) groups is 12. The Morgan fingerprint density at radius 1 is 0.653 bits per heavy atom. The van der Waals surface area contributed by atoms with Crippen molar-refractivity contribution < 1.29 is 75.1 Å². The van der Waals surface area contributed by atoms with E-state index in [0.29, 0.717) is 37.8 Å². The summed E-state index contributed by atoms with van der Waals surface area (Å²) in [4.78, 5) is 189. The summed E-state index contributed by atoms with van der Waals surface area (Å²) in [6.45, 7) is 11.8. The smallest absolute Gasteiger partial charge is 0.347 e. The molecule has 24 nitrogen and oxygen atoms in total. The standard InChI is InChI=1S/C70H108F4N12O12/c1-16-42(5)57-66(96)80(11)44(7)61(91)86-35-31-51(86)65(95)82(13)53(38-45-24-19-18-20-25-45)64(94)79(10)40-55(87)75-49(30-28-46-27-29-47(48(71)37-46)70(72,73)74)62(92)85-34-23-26-50(85)60(90)77-69(32-21-22-33-69)68(98)84(15)58(43(6)17-2)67(97)83(14)54(63(93)78(8)9)39-56(88)81(12)52(36-41(3)4)59(89)76-57/h27,29,37,41-45,49-54,57-58H,16-26,28,30-36,38-40H2,1-15H3,(H,75,87)(H,76,89)(H,77,90)/t42-,43-,44-,49-,50-,51-,52-,53-,54-,57-,58-/m0/s1. The minimum absolute atomic E-state index is 0.00420. The second-order valence-electron chi connectivity index (χ2n) is 29.0. The van der Waals surface area contributed by atoms with Crippen molar-refractivity contribution in [1.29, 1.82) is 0 Å². The van der Waals surface area contributed by atoms with Crippen LogP contribution in [0.2, 0.25) is 0 Å². The van der Waals surface area contributed by atoms with Gasteiger partial charge in [-0.25, -0.2) is 4.39 Å². The van der Waals surface area contributed by atoms with E-state index in [1.165, 1.54) is 97.6 Å². The minimum Gasteiger partial charge on any atom is -0.347 e. The summed E-state index contributed by atoms with van der Waals surface area (Å²) in [5.41, 5.74) is -3.06. The maximum absolute atomic E-state index is 15.4. The van der Waals surface area contributed by atoms with Crippen molar-refractivity contribution in [3.63, 3.8) is 0 Å². The molecular weight excluding hydrogens is 1280 g/mol. The summed E-state index contributed by atoms with van der Waals surface area (Å²) in [6.07, 6.45) is 1.01. The zero-order chi connectivity index (χ0) is 73.2. The normalized spacial score (nSPS) is 27.4. The number of nitrogens with zero attached hydrogens (tertiary/aromatic N) is 9. The van der Waals surface area contributed by atoms with E-state index in [2.05, 4.69) is 16.0 Å². The Morgan fingerprint density at radius 2 is 1.28 bits per heavy atom. The predicted molar refractivity (Wildman–Crippen MR) is 357 cm³/mol. The van der Waals surface area contributed by atoms with Crippen LogP contribution in [0.3, 0.4) is 0 Å². The van der Waals surface area contributed by atoms with Gasteiger partial charge in [-0.1, -0.05) is 105 Å². The Bertz CT molecular complexity index is 3080. The van der Waals surface area contributed by atoms with Gasteiger partial charge in [-0.15, -0.1) is 0 Å². The number of halogens is 4. The first kappa shape index (κ1) is 79.6. The van der Waals surface area contributed by atoms with Crippen LogP contribution in [0, 0.1) is 29.5 Å². The van der Waals surface area contributed by atoms with Crippen LogP contribution < -0.4 is 16.0 Å². The van der Waals surface area contributed by atoms with E-state index < -0.39 is 173 Å². The third kappa shape index (κ3) is 18.5. The fraction of sp³-hybridized carbons (Fsp3) is 0.743. The number of carbonyl (C=O) groups excluding carboxylic acids is 12. The van der Waals surface area contributed by atoms with Crippen LogP contribution in [0.15, 0.2) is 18.2 Å². The van der Waals surface area contributed by atoms with Crippen molar-refractivity contribution in [3.8, 4) is 0 Å². The predicted octanol–water partition coefficient (Wildman–Crippen LogP) is 4.98. The number of aryl methyl sites for hydroxylation is 1. The number of hydrogen-bond acceptors (Lipinski definition) is 12. The van der Waals surface area contributed by atoms with E-state index in [1.54, 1.807) is 13.8 Å². The highest BCUT2D eigenvalue weighted by atomic mass is 19.4. The molecule has 1 aromatic rings. The topological polar surface area (TPSA) is 270 Å². The first-order chi connectivity index (χ1) is 45.9. The van der Waals surface area contributed by atoms with E-state index in [1.807, 2.05) is 27.7 Å². The Labute approximate surface area is 575 Å². The second kappa shape index (κ2) is 34.1. The van der Waals surface area contributed by atoms with Gasteiger partial charge in [0.25, 0.3) is 0 Å². The van der Waals surface area contributed by atoms with E-state index in [0.717, 1.165) is 48.0 Å². The number of benzene rings is 1. The lowest BCUT2D eigenvalue weighted by Crippen LogP contribution is -2.65. The van der Waals surface area contributed by atoms with E-state index >= 15 is 18.8 Å². The molecule has 1 spiro atoms. The highest BCUT2D eigenvalue weighted by Gasteiger charge is 2.52. The third-order valence-corrected chi connectivity index (χ3v) is 21.5. The van der Waals surface area contributed by atoms with Crippen LogP contribution in [0.4, 0.5) is 17.6 Å². The zero-order valence-electron chi connectivity index (χ0n) is 60.2. The molecule has 5 fully saturated rings. The number of nitrogens with one attached hydrogen (secondary N) is 3. The van der Waals surface area contributed by atoms with Gasteiger partial charge in [0.1, 0.15) is 65.7 Å². The number of alkyl halides is 3. The molecule has 11 atom stereocenters.